The van der Waals surface area contributed by atoms with Crippen molar-refractivity contribution in [2.24, 2.45) is 0 Å². The van der Waals surface area contributed by atoms with Gasteiger partial charge in [0, 0.05) is 44.7 Å². The van der Waals surface area contributed by atoms with Gasteiger partial charge in [0.2, 0.25) is 0 Å². The molecule has 56 heavy (non-hydrogen) atoms. The first-order valence-corrected chi connectivity index (χ1v) is 19.7. The lowest BCUT2D eigenvalue weighted by Crippen LogP contribution is -2.16. The van der Waals surface area contributed by atoms with Crippen LogP contribution in [0, 0.1) is 0 Å². The van der Waals surface area contributed by atoms with E-state index in [-0.39, 0.29) is 10.8 Å². The van der Waals surface area contributed by atoms with Gasteiger partial charge in [0.05, 0.1) is 0 Å². The Labute approximate surface area is 328 Å². The summed E-state index contributed by atoms with van der Waals surface area (Å²) in [7, 11) is 0. The van der Waals surface area contributed by atoms with Crippen LogP contribution in [0.5, 0.6) is 0 Å². The average Bonchev–Trinajstić information content (AvgIpc) is 3.81. The zero-order valence-electron chi connectivity index (χ0n) is 32.1. The van der Waals surface area contributed by atoms with Crippen molar-refractivity contribution in [1.29, 1.82) is 0 Å². The van der Waals surface area contributed by atoms with Gasteiger partial charge in [-0.05, 0) is 109 Å². The van der Waals surface area contributed by atoms with Crippen molar-refractivity contribution in [3.63, 3.8) is 0 Å². The fraction of sp³-hybridized carbons (Fsp3) is 0.111. The highest BCUT2D eigenvalue weighted by molar-refractivity contribution is 6.06. The third kappa shape index (κ3) is 4.69. The fourth-order valence-corrected chi connectivity index (χ4v) is 10.1. The second kappa shape index (κ2) is 11.9. The molecule has 268 valence electrons. The predicted octanol–water partition coefficient (Wildman–Crippen LogP) is 15.0. The van der Waals surface area contributed by atoms with Gasteiger partial charge >= 0.3 is 0 Å². The molecule has 0 unspecified atom stereocenters. The van der Waals surface area contributed by atoms with Crippen LogP contribution in [0.25, 0.3) is 66.4 Å². The fourth-order valence-electron chi connectivity index (χ4n) is 10.1. The summed E-state index contributed by atoms with van der Waals surface area (Å²) in [4.78, 5) is 2.39. The minimum Gasteiger partial charge on any atom is -0.456 e. The molecule has 2 nitrogen and oxygen atoms in total. The Hall–Kier alpha value is -6.64. The highest BCUT2D eigenvalue weighted by atomic mass is 16.3. The number of hydrogen-bond acceptors (Lipinski definition) is 2. The van der Waals surface area contributed by atoms with Crippen molar-refractivity contribution in [3.8, 4) is 44.5 Å². The summed E-state index contributed by atoms with van der Waals surface area (Å²) in [6, 6.07) is 64.5. The van der Waals surface area contributed by atoms with Crippen LogP contribution < -0.4 is 4.90 Å². The van der Waals surface area contributed by atoms with E-state index in [0.29, 0.717) is 0 Å². The minimum atomic E-state index is -0.123. The molecule has 0 amide bonds. The Balaban J connectivity index is 1.10. The molecular formula is C54H41NO. The molecule has 0 spiro atoms. The van der Waals surface area contributed by atoms with Crippen molar-refractivity contribution in [2.75, 3.05) is 4.90 Å². The topological polar surface area (TPSA) is 16.4 Å². The van der Waals surface area contributed by atoms with E-state index in [0.717, 1.165) is 39.0 Å². The van der Waals surface area contributed by atoms with Crippen molar-refractivity contribution < 1.29 is 4.42 Å². The molecule has 9 aromatic rings. The van der Waals surface area contributed by atoms with Crippen LogP contribution in [0.1, 0.15) is 49.9 Å². The molecule has 0 N–H and O–H groups in total. The average molecular weight is 720 g/mol. The lowest BCUT2D eigenvalue weighted by Gasteiger charge is -2.28. The van der Waals surface area contributed by atoms with Crippen molar-refractivity contribution >= 4 is 39.0 Å². The maximum atomic E-state index is 6.48. The van der Waals surface area contributed by atoms with Crippen molar-refractivity contribution in [3.05, 3.63) is 198 Å². The van der Waals surface area contributed by atoms with Crippen LogP contribution in [-0.4, -0.2) is 0 Å². The van der Waals surface area contributed by atoms with E-state index < -0.39 is 0 Å². The van der Waals surface area contributed by atoms with Crippen LogP contribution in [0.3, 0.4) is 0 Å². The standard InChI is InChI=1S/C54H41NO/c1-53(2)47-26-8-5-19-41(47)45-24-13-22-39(51(45)53)34-15-11-17-36(31-34)55(38-29-30-44-43-21-7-10-28-49(43)56-50(44)33-38)37-18-12-16-35(32-37)40-23-14-25-46-42-20-6-9-27-48(42)54(3,4)52(40)46/h5-33H,1-4H3. The lowest BCUT2D eigenvalue weighted by molar-refractivity contribution is 0.662. The quantitative estimate of drug-likeness (QED) is 0.176. The first-order chi connectivity index (χ1) is 27.3. The highest BCUT2D eigenvalue weighted by Crippen LogP contribution is 2.54. The number of fused-ring (bicyclic) bond motifs is 9. The monoisotopic (exact) mass is 719 g/mol. The Bertz CT molecular complexity index is 2900. The smallest absolute Gasteiger partial charge is 0.137 e. The highest BCUT2D eigenvalue weighted by Gasteiger charge is 2.38. The lowest BCUT2D eigenvalue weighted by atomic mass is 9.79. The summed E-state index contributed by atoms with van der Waals surface area (Å²) in [5.41, 5.74) is 20.6. The second-order valence-corrected chi connectivity index (χ2v) is 16.5. The molecule has 2 aliphatic carbocycles. The van der Waals surface area contributed by atoms with E-state index in [9.17, 15) is 0 Å². The molecule has 0 saturated carbocycles. The predicted molar refractivity (Wildman–Crippen MR) is 234 cm³/mol. The first-order valence-electron chi connectivity index (χ1n) is 19.7. The molecule has 11 rings (SSSR count). The maximum absolute atomic E-state index is 6.48. The second-order valence-electron chi connectivity index (χ2n) is 16.5. The van der Waals surface area contributed by atoms with Crippen LogP contribution in [0.2, 0.25) is 0 Å². The zero-order valence-corrected chi connectivity index (χ0v) is 32.1. The van der Waals surface area contributed by atoms with Gasteiger partial charge in [-0.3, -0.25) is 0 Å². The largest absolute Gasteiger partial charge is 0.456 e. The van der Waals surface area contributed by atoms with Crippen LogP contribution in [0.15, 0.2) is 180 Å². The summed E-state index contributed by atoms with van der Waals surface area (Å²) >= 11 is 0. The van der Waals surface area contributed by atoms with Gasteiger partial charge in [0.15, 0.2) is 0 Å². The molecule has 0 bridgehead atoms. The number of benzene rings is 8. The molecule has 0 saturated heterocycles. The molecule has 0 aliphatic heterocycles. The van der Waals surface area contributed by atoms with E-state index in [1.807, 2.05) is 6.07 Å². The van der Waals surface area contributed by atoms with Gasteiger partial charge in [-0.25, -0.2) is 0 Å². The number of para-hydroxylation sites is 1. The number of anilines is 3. The van der Waals surface area contributed by atoms with Gasteiger partial charge in [-0.2, -0.15) is 0 Å². The van der Waals surface area contributed by atoms with Gasteiger partial charge in [0.25, 0.3) is 0 Å². The molecule has 1 aromatic heterocycles. The molecule has 0 fully saturated rings. The Morgan fingerprint density at radius 1 is 0.357 bits per heavy atom. The number of hydrogen-bond donors (Lipinski definition) is 0. The first kappa shape index (κ1) is 32.8. The van der Waals surface area contributed by atoms with Crippen molar-refractivity contribution in [1.82, 2.24) is 0 Å². The van der Waals surface area contributed by atoms with E-state index in [4.69, 9.17) is 4.42 Å². The van der Waals surface area contributed by atoms with Crippen LogP contribution >= 0.6 is 0 Å². The van der Waals surface area contributed by atoms with Gasteiger partial charge in [-0.1, -0.05) is 155 Å². The summed E-state index contributed by atoms with van der Waals surface area (Å²) in [6.45, 7) is 9.47. The van der Waals surface area contributed by atoms with Crippen LogP contribution in [0.4, 0.5) is 17.1 Å². The summed E-state index contributed by atoms with van der Waals surface area (Å²) < 4.78 is 6.48. The molecule has 0 atom stereocenters. The third-order valence-corrected chi connectivity index (χ3v) is 12.6. The molecular weight excluding hydrogens is 679 g/mol. The molecule has 2 heteroatoms. The normalized spacial score (nSPS) is 14.4. The Kier molecular flexibility index (Phi) is 6.98. The molecule has 1 heterocycles. The molecule has 2 aliphatic rings. The minimum absolute atomic E-state index is 0.123. The summed E-state index contributed by atoms with van der Waals surface area (Å²) in [5, 5.41) is 2.25. The number of nitrogens with zero attached hydrogens (tertiary/aromatic N) is 1. The van der Waals surface area contributed by atoms with Crippen LogP contribution in [-0.2, 0) is 10.8 Å². The van der Waals surface area contributed by atoms with E-state index in [1.54, 1.807) is 0 Å². The SMILES string of the molecule is CC1(C)c2ccccc2-c2cccc(-c3cccc(N(c4cccc(-c5cccc6c5C(C)(C)c5ccccc5-6)c4)c4ccc5c(c4)oc4ccccc45)c3)c21. The Morgan fingerprint density at radius 3 is 1.39 bits per heavy atom. The van der Waals surface area contributed by atoms with Gasteiger partial charge in [0.1, 0.15) is 11.2 Å². The van der Waals surface area contributed by atoms with Gasteiger partial charge < -0.3 is 9.32 Å². The Morgan fingerprint density at radius 2 is 0.804 bits per heavy atom. The summed E-state index contributed by atoms with van der Waals surface area (Å²) in [6.07, 6.45) is 0. The molecule has 8 aromatic carbocycles. The van der Waals surface area contributed by atoms with E-state index in [1.165, 1.54) is 66.8 Å². The third-order valence-electron chi connectivity index (χ3n) is 12.6. The molecule has 0 radical (unpaired) electrons. The van der Waals surface area contributed by atoms with Gasteiger partial charge in [-0.15, -0.1) is 0 Å². The van der Waals surface area contributed by atoms with E-state index >= 15 is 0 Å². The summed E-state index contributed by atoms with van der Waals surface area (Å²) in [5.74, 6) is 0. The van der Waals surface area contributed by atoms with E-state index in [2.05, 4.69) is 202 Å². The maximum Gasteiger partial charge on any atom is 0.137 e. The van der Waals surface area contributed by atoms with Crippen molar-refractivity contribution in [2.45, 2.75) is 38.5 Å². The number of rotatable bonds is 5. The zero-order chi connectivity index (χ0) is 37.8. The number of furan rings is 1.